The van der Waals surface area contributed by atoms with Gasteiger partial charge in [0.2, 0.25) is 5.91 Å². The molecule has 0 unspecified atom stereocenters. The molecule has 0 atom stereocenters. The predicted molar refractivity (Wildman–Crippen MR) is 95.2 cm³/mol. The molecule has 0 aliphatic carbocycles. The molecule has 1 heterocycles. The fourth-order valence-corrected chi connectivity index (χ4v) is 3.26. The molecule has 0 spiro atoms. The van der Waals surface area contributed by atoms with E-state index < -0.39 is 0 Å². The first kappa shape index (κ1) is 15.1. The third-order valence-electron chi connectivity index (χ3n) is 3.10. The quantitative estimate of drug-likeness (QED) is 0.673. The number of anilines is 1. The van der Waals surface area contributed by atoms with E-state index in [1.165, 1.54) is 11.8 Å². The van der Waals surface area contributed by atoms with E-state index in [2.05, 4.69) is 26.2 Å². The molecule has 1 aromatic heterocycles. The Hall–Kier alpha value is -1.85. The van der Waals surface area contributed by atoms with Gasteiger partial charge in [-0.15, -0.1) is 11.8 Å². The number of halogens is 1. The van der Waals surface area contributed by atoms with Gasteiger partial charge in [0.15, 0.2) is 0 Å². The molecule has 3 nitrogen and oxygen atoms in total. The van der Waals surface area contributed by atoms with Gasteiger partial charge in [0, 0.05) is 21.0 Å². The summed E-state index contributed by atoms with van der Waals surface area (Å²) < 4.78 is 0.965. The largest absolute Gasteiger partial charge is 0.323 e. The van der Waals surface area contributed by atoms with E-state index in [1.54, 1.807) is 6.20 Å². The number of fused-ring (bicyclic) bond motifs is 1. The van der Waals surface area contributed by atoms with Gasteiger partial charge in [-0.2, -0.15) is 0 Å². The number of amides is 1. The topological polar surface area (TPSA) is 42.0 Å². The van der Waals surface area contributed by atoms with Crippen molar-refractivity contribution >= 4 is 50.2 Å². The summed E-state index contributed by atoms with van der Waals surface area (Å²) >= 11 is 5.02. The van der Waals surface area contributed by atoms with Crippen LogP contribution in [0.25, 0.3) is 10.9 Å². The molecule has 1 amide bonds. The number of carbonyl (C=O) groups is 1. The normalized spacial score (nSPS) is 10.6. The van der Waals surface area contributed by atoms with Gasteiger partial charge >= 0.3 is 0 Å². The SMILES string of the molecule is O=C(CSc1ccccc1)Nc1ccc(Br)c2cccnc12. The van der Waals surface area contributed by atoms with E-state index in [-0.39, 0.29) is 5.91 Å². The van der Waals surface area contributed by atoms with Gasteiger partial charge in [-0.1, -0.05) is 40.2 Å². The number of thioether (sulfide) groups is 1. The number of nitrogens with one attached hydrogen (secondary N) is 1. The standard InChI is InChI=1S/C17H13BrN2OS/c18-14-8-9-15(17-13(14)7-4-10-19-17)20-16(21)11-22-12-5-2-1-3-6-12/h1-10H,11H2,(H,20,21). The Morgan fingerprint density at radius 2 is 1.91 bits per heavy atom. The van der Waals surface area contributed by atoms with Crippen molar-refractivity contribution in [2.75, 3.05) is 11.1 Å². The number of aromatic nitrogens is 1. The number of pyridine rings is 1. The fourth-order valence-electron chi connectivity index (χ4n) is 2.09. The highest BCUT2D eigenvalue weighted by Crippen LogP contribution is 2.28. The Bertz CT molecular complexity index is 808. The Kier molecular flexibility index (Phi) is 4.75. The van der Waals surface area contributed by atoms with Gasteiger partial charge in [0.1, 0.15) is 0 Å². The molecule has 1 N–H and O–H groups in total. The van der Waals surface area contributed by atoms with Gasteiger partial charge in [0.05, 0.1) is 17.0 Å². The first-order valence-corrected chi connectivity index (χ1v) is 8.53. The van der Waals surface area contributed by atoms with Gasteiger partial charge in [-0.25, -0.2) is 0 Å². The molecule has 5 heteroatoms. The van der Waals surface area contributed by atoms with E-state index in [0.717, 1.165) is 26.0 Å². The molecule has 3 rings (SSSR count). The van der Waals surface area contributed by atoms with Gasteiger partial charge < -0.3 is 5.32 Å². The molecule has 2 aromatic carbocycles. The summed E-state index contributed by atoms with van der Waals surface area (Å²) in [5.41, 5.74) is 1.52. The minimum atomic E-state index is -0.0388. The van der Waals surface area contributed by atoms with Crippen molar-refractivity contribution in [1.82, 2.24) is 4.98 Å². The summed E-state index contributed by atoms with van der Waals surface area (Å²) in [5.74, 6) is 0.331. The van der Waals surface area contributed by atoms with Crippen LogP contribution in [-0.2, 0) is 4.79 Å². The average Bonchev–Trinajstić information content (AvgIpc) is 2.57. The predicted octanol–water partition coefficient (Wildman–Crippen LogP) is 4.73. The monoisotopic (exact) mass is 372 g/mol. The van der Waals surface area contributed by atoms with Crippen molar-refractivity contribution < 1.29 is 4.79 Å². The highest BCUT2D eigenvalue weighted by molar-refractivity contribution is 9.10. The lowest BCUT2D eigenvalue weighted by molar-refractivity contribution is -0.113. The lowest BCUT2D eigenvalue weighted by atomic mass is 10.2. The molecule has 3 aromatic rings. The molecule has 22 heavy (non-hydrogen) atoms. The van der Waals surface area contributed by atoms with Crippen molar-refractivity contribution in [1.29, 1.82) is 0 Å². The third-order valence-corrected chi connectivity index (χ3v) is 4.81. The first-order valence-electron chi connectivity index (χ1n) is 6.75. The highest BCUT2D eigenvalue weighted by Gasteiger charge is 2.09. The van der Waals surface area contributed by atoms with Crippen molar-refractivity contribution in [3.63, 3.8) is 0 Å². The summed E-state index contributed by atoms with van der Waals surface area (Å²) in [6.45, 7) is 0. The maximum atomic E-state index is 12.1. The van der Waals surface area contributed by atoms with Crippen LogP contribution in [0.2, 0.25) is 0 Å². The van der Waals surface area contributed by atoms with Crippen LogP contribution < -0.4 is 5.32 Å². The van der Waals surface area contributed by atoms with Crippen molar-refractivity contribution in [3.8, 4) is 0 Å². The highest BCUT2D eigenvalue weighted by atomic mass is 79.9. The summed E-state index contributed by atoms with van der Waals surface area (Å²) in [7, 11) is 0. The van der Waals surface area contributed by atoms with Crippen LogP contribution in [0.4, 0.5) is 5.69 Å². The zero-order valence-electron chi connectivity index (χ0n) is 11.6. The Morgan fingerprint density at radius 1 is 1.09 bits per heavy atom. The van der Waals surface area contributed by atoms with E-state index in [0.29, 0.717) is 5.75 Å². The lowest BCUT2D eigenvalue weighted by Gasteiger charge is -2.09. The summed E-state index contributed by atoms with van der Waals surface area (Å²) in [5, 5.41) is 3.92. The van der Waals surface area contributed by atoms with Crippen molar-refractivity contribution in [3.05, 3.63) is 65.3 Å². The molecule has 0 saturated heterocycles. The second-order valence-corrected chi connectivity index (χ2v) is 6.55. The first-order chi connectivity index (χ1) is 10.7. The van der Waals surface area contributed by atoms with Crippen LogP contribution in [0.5, 0.6) is 0 Å². The van der Waals surface area contributed by atoms with E-state index >= 15 is 0 Å². The van der Waals surface area contributed by atoms with E-state index in [4.69, 9.17) is 0 Å². The minimum absolute atomic E-state index is 0.0388. The number of hydrogen-bond acceptors (Lipinski definition) is 3. The second kappa shape index (κ2) is 6.94. The van der Waals surface area contributed by atoms with Gasteiger partial charge in [-0.05, 0) is 30.3 Å². The zero-order valence-corrected chi connectivity index (χ0v) is 14.0. The maximum Gasteiger partial charge on any atom is 0.234 e. The van der Waals surface area contributed by atoms with Crippen LogP contribution in [0, 0.1) is 0 Å². The average molecular weight is 373 g/mol. The second-order valence-electron chi connectivity index (χ2n) is 4.64. The molecular weight excluding hydrogens is 360 g/mol. The van der Waals surface area contributed by atoms with Crippen LogP contribution in [0.1, 0.15) is 0 Å². The van der Waals surface area contributed by atoms with Crippen LogP contribution in [-0.4, -0.2) is 16.6 Å². The molecule has 0 aliphatic heterocycles. The minimum Gasteiger partial charge on any atom is -0.323 e. The number of benzene rings is 2. The van der Waals surface area contributed by atoms with Crippen molar-refractivity contribution in [2.24, 2.45) is 0 Å². The van der Waals surface area contributed by atoms with Crippen LogP contribution in [0.15, 0.2) is 70.2 Å². The number of rotatable bonds is 4. The molecule has 0 saturated carbocycles. The molecule has 0 aliphatic rings. The number of carbonyl (C=O) groups excluding carboxylic acids is 1. The van der Waals surface area contributed by atoms with Gasteiger partial charge in [-0.3, -0.25) is 9.78 Å². The molecule has 110 valence electrons. The lowest BCUT2D eigenvalue weighted by Crippen LogP contribution is -2.14. The molecule has 0 bridgehead atoms. The summed E-state index contributed by atoms with van der Waals surface area (Å²) in [6.07, 6.45) is 1.73. The zero-order chi connectivity index (χ0) is 15.4. The number of nitrogens with zero attached hydrogens (tertiary/aromatic N) is 1. The van der Waals surface area contributed by atoms with Crippen molar-refractivity contribution in [2.45, 2.75) is 4.90 Å². The summed E-state index contributed by atoms with van der Waals surface area (Å²) in [6, 6.07) is 17.5. The third kappa shape index (κ3) is 3.48. The van der Waals surface area contributed by atoms with Gasteiger partial charge in [0.25, 0.3) is 0 Å². The number of hydrogen-bond donors (Lipinski definition) is 1. The molecular formula is C17H13BrN2OS. The molecule has 0 fully saturated rings. The van der Waals surface area contributed by atoms with E-state index in [1.807, 2.05) is 54.6 Å². The Labute approximate surface area is 141 Å². The Morgan fingerprint density at radius 3 is 2.73 bits per heavy atom. The summed E-state index contributed by atoms with van der Waals surface area (Å²) in [4.78, 5) is 17.6. The molecule has 0 radical (unpaired) electrons. The smallest absolute Gasteiger partial charge is 0.234 e. The van der Waals surface area contributed by atoms with Crippen LogP contribution >= 0.6 is 27.7 Å². The Balaban J connectivity index is 1.73. The van der Waals surface area contributed by atoms with Crippen LogP contribution in [0.3, 0.4) is 0 Å². The maximum absolute atomic E-state index is 12.1. The van der Waals surface area contributed by atoms with E-state index in [9.17, 15) is 4.79 Å². The fraction of sp³-hybridized carbons (Fsp3) is 0.0588.